The Hall–Kier alpha value is -3.07. The molecule has 9 heteroatoms. The minimum absolute atomic E-state index is 0.0271. The lowest BCUT2D eigenvalue weighted by Crippen LogP contribution is -2.40. The molecule has 0 saturated carbocycles. The normalized spacial score (nSPS) is 11.6. The van der Waals surface area contributed by atoms with Crippen LogP contribution in [0.25, 0.3) is 0 Å². The fraction of sp³-hybridized carbons (Fsp3) is 0.316. The van der Waals surface area contributed by atoms with E-state index in [1.54, 1.807) is 24.5 Å². The smallest absolute Gasteiger partial charge is 0.407 e. The molecule has 2 aromatic heterocycles. The highest BCUT2D eigenvalue weighted by Gasteiger charge is 2.15. The number of nitrogens with zero attached hydrogens (tertiary/aromatic N) is 3. The molecule has 0 radical (unpaired) electrons. The van der Waals surface area contributed by atoms with E-state index in [4.69, 9.17) is 22.7 Å². The Morgan fingerprint density at radius 3 is 2.71 bits per heavy atom. The lowest BCUT2D eigenvalue weighted by atomic mass is 10.1. The largest absolute Gasteiger partial charge is 0.445 e. The molecule has 2 rings (SSSR count). The molecule has 28 heavy (non-hydrogen) atoms. The summed E-state index contributed by atoms with van der Waals surface area (Å²) in [5.41, 5.74) is 7.79. The maximum absolute atomic E-state index is 11.9. The van der Waals surface area contributed by atoms with E-state index in [-0.39, 0.29) is 23.1 Å². The van der Waals surface area contributed by atoms with Gasteiger partial charge in [-0.25, -0.2) is 14.8 Å². The van der Waals surface area contributed by atoms with Gasteiger partial charge in [0.1, 0.15) is 18.1 Å². The summed E-state index contributed by atoms with van der Waals surface area (Å²) in [5, 5.41) is 5.76. The number of alkyl carbamates (subject to hydrolysis) is 1. The van der Waals surface area contributed by atoms with E-state index in [0.717, 1.165) is 5.56 Å². The number of aliphatic imine (C=N–C) groups is 1. The number of aromatic nitrogens is 2. The van der Waals surface area contributed by atoms with Crippen molar-refractivity contribution in [3.8, 4) is 0 Å². The maximum Gasteiger partial charge on any atom is 0.407 e. The number of hydrogen-bond acceptors (Lipinski definition) is 5. The summed E-state index contributed by atoms with van der Waals surface area (Å²) in [6.07, 6.45) is 2.73. The molecule has 8 nitrogen and oxygen atoms in total. The summed E-state index contributed by atoms with van der Waals surface area (Å²) in [6, 6.07) is 7.19. The summed E-state index contributed by atoms with van der Waals surface area (Å²) in [6.45, 7) is 7.57. The Labute approximate surface area is 169 Å². The van der Waals surface area contributed by atoms with Gasteiger partial charge in [0.15, 0.2) is 10.9 Å². The number of nitrogens with one attached hydrogen (secondary N) is 2. The second kappa shape index (κ2) is 9.23. The lowest BCUT2D eigenvalue weighted by molar-refractivity contribution is 0.131. The van der Waals surface area contributed by atoms with Crippen molar-refractivity contribution in [1.82, 2.24) is 15.3 Å². The molecular formula is C19H24N6O2S. The molecular weight excluding hydrogens is 376 g/mol. The van der Waals surface area contributed by atoms with Crippen molar-refractivity contribution < 1.29 is 9.53 Å². The number of anilines is 1. The van der Waals surface area contributed by atoms with Crippen LogP contribution in [0.5, 0.6) is 0 Å². The van der Waals surface area contributed by atoms with Crippen LogP contribution >= 0.6 is 12.2 Å². The van der Waals surface area contributed by atoms with Crippen LogP contribution in [-0.2, 0) is 11.3 Å². The molecule has 148 valence electrons. The second-order valence-corrected chi connectivity index (χ2v) is 7.49. The Bertz CT molecular complexity index is 892. The zero-order valence-corrected chi connectivity index (χ0v) is 17.1. The van der Waals surface area contributed by atoms with Crippen LogP contribution in [0.15, 0.2) is 41.7 Å². The first-order valence-corrected chi connectivity index (χ1v) is 9.02. The molecule has 0 saturated heterocycles. The summed E-state index contributed by atoms with van der Waals surface area (Å²) in [4.78, 5) is 24.4. The van der Waals surface area contributed by atoms with Gasteiger partial charge >= 0.3 is 6.09 Å². The molecule has 2 aromatic rings. The van der Waals surface area contributed by atoms with Crippen molar-refractivity contribution in [1.29, 1.82) is 0 Å². The predicted octanol–water partition coefficient (Wildman–Crippen LogP) is 2.91. The van der Waals surface area contributed by atoms with Crippen LogP contribution in [-0.4, -0.2) is 32.5 Å². The zero-order chi connectivity index (χ0) is 20.7. The number of carbonyl (C=O) groups excluding carboxylic acids is 1. The first kappa shape index (κ1) is 21.2. The van der Waals surface area contributed by atoms with Crippen molar-refractivity contribution in [3.63, 3.8) is 0 Å². The van der Waals surface area contributed by atoms with Crippen molar-refractivity contribution in [2.75, 3.05) is 5.32 Å². The SMILES string of the molecule is Cc1ccnc(/C(N)=N/C(=S)Nc2ncccc2COC(=O)NC(C)(C)C)c1. The highest BCUT2D eigenvalue weighted by Crippen LogP contribution is 2.14. The van der Waals surface area contributed by atoms with Gasteiger partial charge in [0.05, 0.1) is 0 Å². The van der Waals surface area contributed by atoms with Gasteiger partial charge < -0.3 is 21.1 Å². The number of ether oxygens (including phenoxy) is 1. The van der Waals surface area contributed by atoms with Crippen LogP contribution in [0, 0.1) is 6.92 Å². The molecule has 0 aromatic carbocycles. The Kier molecular flexibility index (Phi) is 7.00. The fourth-order valence-corrected chi connectivity index (χ4v) is 2.32. The summed E-state index contributed by atoms with van der Waals surface area (Å²) in [5.74, 6) is 0.629. The number of nitrogens with two attached hydrogens (primary N) is 1. The third-order valence-electron chi connectivity index (χ3n) is 3.35. The monoisotopic (exact) mass is 400 g/mol. The zero-order valence-electron chi connectivity index (χ0n) is 16.3. The molecule has 0 fully saturated rings. The van der Waals surface area contributed by atoms with Crippen molar-refractivity contribution >= 4 is 35.1 Å². The van der Waals surface area contributed by atoms with E-state index in [9.17, 15) is 4.79 Å². The van der Waals surface area contributed by atoms with Gasteiger partial charge in [-0.1, -0.05) is 6.07 Å². The van der Waals surface area contributed by atoms with Crippen molar-refractivity contribution in [2.45, 2.75) is 39.8 Å². The van der Waals surface area contributed by atoms with Crippen LogP contribution in [0.2, 0.25) is 0 Å². The molecule has 0 bridgehead atoms. The highest BCUT2D eigenvalue weighted by atomic mass is 32.1. The van der Waals surface area contributed by atoms with Gasteiger partial charge in [0.25, 0.3) is 0 Å². The van der Waals surface area contributed by atoms with Gasteiger partial charge in [-0.2, -0.15) is 0 Å². The number of amidine groups is 1. The summed E-state index contributed by atoms with van der Waals surface area (Å²) < 4.78 is 5.25. The molecule has 1 amide bonds. The van der Waals surface area contributed by atoms with Gasteiger partial charge in [-0.05, 0) is 63.7 Å². The molecule has 2 heterocycles. The number of carbonyl (C=O) groups is 1. The quantitative estimate of drug-likeness (QED) is 0.411. The van der Waals surface area contributed by atoms with Crippen molar-refractivity contribution in [3.05, 3.63) is 53.5 Å². The standard InChI is InChI=1S/C19H24N6O2S/c1-12-7-9-21-14(10-12)15(20)23-17(28)24-16-13(6-5-8-22-16)11-27-18(26)25-19(2,3)4/h5-10H,11H2,1-4H3,(H,25,26)(H3,20,22,23,24,28). The Balaban J connectivity index is 2.05. The van der Waals surface area contributed by atoms with Crippen LogP contribution in [0.3, 0.4) is 0 Å². The van der Waals surface area contributed by atoms with E-state index < -0.39 is 6.09 Å². The van der Waals surface area contributed by atoms with Crippen LogP contribution < -0.4 is 16.4 Å². The highest BCUT2D eigenvalue weighted by molar-refractivity contribution is 7.80. The molecule has 0 spiro atoms. The van der Waals surface area contributed by atoms with Gasteiger partial charge in [-0.15, -0.1) is 0 Å². The number of hydrogen-bond donors (Lipinski definition) is 3. The molecule has 4 N–H and O–H groups in total. The second-order valence-electron chi connectivity index (χ2n) is 7.11. The molecule has 0 aliphatic rings. The van der Waals surface area contributed by atoms with Crippen LogP contribution in [0.1, 0.15) is 37.6 Å². The van der Waals surface area contributed by atoms with E-state index in [1.807, 2.05) is 39.8 Å². The fourth-order valence-electron chi connectivity index (χ4n) is 2.13. The number of aryl methyl sites for hydroxylation is 1. The first-order valence-electron chi connectivity index (χ1n) is 8.61. The van der Waals surface area contributed by atoms with E-state index in [1.165, 1.54) is 0 Å². The lowest BCUT2D eigenvalue weighted by Gasteiger charge is -2.20. The van der Waals surface area contributed by atoms with Crippen molar-refractivity contribution in [2.24, 2.45) is 10.7 Å². The summed E-state index contributed by atoms with van der Waals surface area (Å²) >= 11 is 5.25. The van der Waals surface area contributed by atoms with E-state index >= 15 is 0 Å². The van der Waals surface area contributed by atoms with E-state index in [2.05, 4.69) is 25.6 Å². The minimum Gasteiger partial charge on any atom is -0.445 e. The molecule has 0 aliphatic heterocycles. The van der Waals surface area contributed by atoms with Crippen LogP contribution in [0.4, 0.5) is 10.6 Å². The topological polar surface area (TPSA) is 115 Å². The first-order chi connectivity index (χ1) is 13.1. The number of pyridine rings is 2. The third-order valence-corrected chi connectivity index (χ3v) is 3.55. The number of rotatable bonds is 4. The van der Waals surface area contributed by atoms with Gasteiger partial charge in [0, 0.05) is 23.5 Å². The summed E-state index contributed by atoms with van der Waals surface area (Å²) in [7, 11) is 0. The van der Waals surface area contributed by atoms with Gasteiger partial charge in [-0.3, -0.25) is 4.98 Å². The predicted molar refractivity (Wildman–Crippen MR) is 113 cm³/mol. The van der Waals surface area contributed by atoms with E-state index in [0.29, 0.717) is 17.1 Å². The number of amides is 1. The molecule has 0 atom stereocenters. The average molecular weight is 401 g/mol. The third kappa shape index (κ3) is 6.92. The number of thiocarbonyl (C=S) groups is 1. The van der Waals surface area contributed by atoms with Gasteiger partial charge in [0.2, 0.25) is 0 Å². The average Bonchev–Trinajstić information content (AvgIpc) is 2.59. The minimum atomic E-state index is -0.516. The molecule has 0 unspecified atom stereocenters. The Morgan fingerprint density at radius 2 is 2.04 bits per heavy atom. The Morgan fingerprint density at radius 1 is 1.29 bits per heavy atom. The molecule has 0 aliphatic carbocycles. The maximum atomic E-state index is 11.9.